The second-order valence-electron chi connectivity index (χ2n) is 5.24. The number of nitrogens with one attached hydrogen (secondary N) is 1. The van der Waals surface area contributed by atoms with Crippen molar-refractivity contribution in [3.05, 3.63) is 24.7 Å². The topological polar surface area (TPSA) is 79.5 Å². The van der Waals surface area contributed by atoms with Crippen LogP contribution in [0.4, 0.5) is 5.82 Å². The van der Waals surface area contributed by atoms with E-state index in [1.165, 1.54) is 0 Å². The van der Waals surface area contributed by atoms with E-state index in [2.05, 4.69) is 22.3 Å². The second-order valence-corrected chi connectivity index (χ2v) is 5.24. The Bertz CT molecular complexity index is 582. The van der Waals surface area contributed by atoms with Crippen molar-refractivity contribution in [2.45, 2.75) is 39.0 Å². The van der Waals surface area contributed by atoms with Crippen LogP contribution in [-0.2, 0) is 4.79 Å². The zero-order valence-electron chi connectivity index (χ0n) is 12.3. The lowest BCUT2D eigenvalue weighted by molar-refractivity contribution is -0.137. The van der Waals surface area contributed by atoms with Crippen LogP contribution in [0.25, 0.3) is 5.52 Å². The largest absolute Gasteiger partial charge is 0.481 e. The quantitative estimate of drug-likeness (QED) is 0.742. The van der Waals surface area contributed by atoms with Crippen molar-refractivity contribution in [1.82, 2.24) is 14.6 Å². The number of hydrogen-bond acceptors (Lipinski definition) is 4. The van der Waals surface area contributed by atoms with Gasteiger partial charge in [0.05, 0.1) is 6.20 Å². The highest BCUT2D eigenvalue weighted by Gasteiger charge is 2.10. The van der Waals surface area contributed by atoms with Crippen LogP contribution < -0.4 is 5.32 Å². The molecule has 0 saturated carbocycles. The molecule has 2 N–H and O–H groups in total. The Kier molecular flexibility index (Phi) is 5.54. The van der Waals surface area contributed by atoms with Crippen molar-refractivity contribution < 1.29 is 9.90 Å². The number of hydrogen-bond donors (Lipinski definition) is 2. The van der Waals surface area contributed by atoms with Gasteiger partial charge in [0.1, 0.15) is 5.52 Å². The molecule has 0 amide bonds. The molecule has 0 aromatic carbocycles. The fourth-order valence-electron chi connectivity index (χ4n) is 2.56. The molecule has 6 heteroatoms. The number of carboxylic acids is 1. The van der Waals surface area contributed by atoms with Gasteiger partial charge in [-0.2, -0.15) is 5.10 Å². The van der Waals surface area contributed by atoms with Crippen LogP contribution in [0.3, 0.4) is 0 Å². The van der Waals surface area contributed by atoms with Crippen molar-refractivity contribution in [2.75, 3.05) is 11.9 Å². The van der Waals surface area contributed by atoms with Crippen LogP contribution >= 0.6 is 0 Å². The van der Waals surface area contributed by atoms with E-state index in [0.29, 0.717) is 5.92 Å². The summed E-state index contributed by atoms with van der Waals surface area (Å²) in [4.78, 5) is 15.0. The van der Waals surface area contributed by atoms with E-state index >= 15 is 0 Å². The van der Waals surface area contributed by atoms with Gasteiger partial charge in [0.2, 0.25) is 0 Å². The lowest BCUT2D eigenvalue weighted by atomic mass is 9.94. The zero-order valence-corrected chi connectivity index (χ0v) is 12.3. The summed E-state index contributed by atoms with van der Waals surface area (Å²) in [6.07, 6.45) is 9.38. The molecular formula is C15H22N4O2. The molecule has 1 atom stereocenters. The first-order chi connectivity index (χ1) is 10.2. The van der Waals surface area contributed by atoms with Gasteiger partial charge in [-0.25, -0.2) is 9.50 Å². The molecule has 2 aromatic rings. The average Bonchev–Trinajstić information content (AvgIpc) is 2.94. The maximum atomic E-state index is 10.7. The predicted molar refractivity (Wildman–Crippen MR) is 81.4 cm³/mol. The first-order valence-corrected chi connectivity index (χ1v) is 7.44. The number of aliphatic carboxylic acids is 1. The number of rotatable bonds is 9. The van der Waals surface area contributed by atoms with Gasteiger partial charge >= 0.3 is 5.97 Å². The minimum absolute atomic E-state index is 0.251. The highest BCUT2D eigenvalue weighted by molar-refractivity contribution is 5.67. The fraction of sp³-hybridized carbons (Fsp3) is 0.533. The van der Waals surface area contributed by atoms with Crippen LogP contribution in [0.15, 0.2) is 24.7 Å². The predicted octanol–water partition coefficient (Wildman–Crippen LogP) is 2.81. The summed E-state index contributed by atoms with van der Waals surface area (Å²) in [6.45, 7) is 2.93. The molecule has 1 unspecified atom stereocenters. The Morgan fingerprint density at radius 3 is 3.00 bits per heavy atom. The Balaban J connectivity index is 1.86. The van der Waals surface area contributed by atoms with Gasteiger partial charge < -0.3 is 10.4 Å². The number of carboxylic acid groups (broad SMARTS) is 1. The van der Waals surface area contributed by atoms with Crippen LogP contribution in [0.2, 0.25) is 0 Å². The van der Waals surface area contributed by atoms with E-state index in [-0.39, 0.29) is 6.42 Å². The van der Waals surface area contributed by atoms with Crippen molar-refractivity contribution >= 4 is 17.3 Å². The minimum atomic E-state index is -0.713. The summed E-state index contributed by atoms with van der Waals surface area (Å²) >= 11 is 0. The van der Waals surface area contributed by atoms with Crippen molar-refractivity contribution in [3.63, 3.8) is 0 Å². The summed E-state index contributed by atoms with van der Waals surface area (Å²) in [5.41, 5.74) is 0.954. The summed E-state index contributed by atoms with van der Waals surface area (Å²) in [7, 11) is 0. The SMILES string of the molecule is CCCC(CCNc1nccn2nccc12)CCC(=O)O. The normalized spacial score (nSPS) is 12.4. The zero-order chi connectivity index (χ0) is 15.1. The number of nitrogens with zero attached hydrogens (tertiary/aromatic N) is 3. The number of carbonyl (C=O) groups is 1. The van der Waals surface area contributed by atoms with Gasteiger partial charge in [0, 0.05) is 25.4 Å². The molecule has 0 fully saturated rings. The van der Waals surface area contributed by atoms with Crippen LogP contribution in [0.5, 0.6) is 0 Å². The number of fused-ring (bicyclic) bond motifs is 1. The third-order valence-corrected chi connectivity index (χ3v) is 3.63. The maximum absolute atomic E-state index is 10.7. The Hall–Kier alpha value is -2.11. The van der Waals surface area contributed by atoms with E-state index in [0.717, 1.165) is 43.6 Å². The Morgan fingerprint density at radius 1 is 1.38 bits per heavy atom. The van der Waals surface area contributed by atoms with E-state index in [9.17, 15) is 4.79 Å². The highest BCUT2D eigenvalue weighted by Crippen LogP contribution is 2.19. The fourth-order valence-corrected chi connectivity index (χ4v) is 2.56. The third kappa shape index (κ3) is 4.44. The van der Waals surface area contributed by atoms with Crippen LogP contribution in [0, 0.1) is 5.92 Å². The van der Waals surface area contributed by atoms with Crippen molar-refractivity contribution in [1.29, 1.82) is 0 Å². The van der Waals surface area contributed by atoms with E-state index in [1.807, 2.05) is 12.3 Å². The number of anilines is 1. The molecule has 21 heavy (non-hydrogen) atoms. The lowest BCUT2D eigenvalue weighted by Crippen LogP contribution is -2.12. The smallest absolute Gasteiger partial charge is 0.303 e. The van der Waals surface area contributed by atoms with E-state index < -0.39 is 5.97 Å². The first-order valence-electron chi connectivity index (χ1n) is 7.44. The molecule has 2 heterocycles. The molecule has 0 radical (unpaired) electrons. The summed E-state index contributed by atoms with van der Waals surface area (Å²) in [5.74, 6) is 0.557. The standard InChI is InChI=1S/C15H22N4O2/c1-2-3-12(4-5-14(20)21)6-8-16-15-13-7-9-18-19(13)11-10-17-15/h7,9-12H,2-6,8H2,1H3,(H,16,17)(H,20,21). The van der Waals surface area contributed by atoms with Gasteiger partial charge in [-0.05, 0) is 24.8 Å². The summed E-state index contributed by atoms with van der Waals surface area (Å²) in [6, 6.07) is 1.92. The lowest BCUT2D eigenvalue weighted by Gasteiger charge is -2.15. The highest BCUT2D eigenvalue weighted by atomic mass is 16.4. The molecule has 0 aliphatic rings. The monoisotopic (exact) mass is 290 g/mol. The second kappa shape index (κ2) is 7.61. The van der Waals surface area contributed by atoms with E-state index in [4.69, 9.17) is 5.11 Å². The molecule has 6 nitrogen and oxygen atoms in total. The van der Waals surface area contributed by atoms with Gasteiger partial charge in [-0.1, -0.05) is 19.8 Å². The number of aromatic nitrogens is 3. The Morgan fingerprint density at radius 2 is 2.24 bits per heavy atom. The maximum Gasteiger partial charge on any atom is 0.303 e. The van der Waals surface area contributed by atoms with Crippen molar-refractivity contribution in [2.24, 2.45) is 5.92 Å². The average molecular weight is 290 g/mol. The molecule has 114 valence electrons. The molecular weight excluding hydrogens is 268 g/mol. The van der Waals surface area contributed by atoms with Crippen LogP contribution in [-0.4, -0.2) is 32.2 Å². The summed E-state index contributed by atoms with van der Waals surface area (Å²) < 4.78 is 1.78. The molecule has 0 aliphatic carbocycles. The van der Waals surface area contributed by atoms with Gasteiger partial charge in [0.25, 0.3) is 0 Å². The molecule has 2 rings (SSSR count). The molecule has 2 aromatic heterocycles. The summed E-state index contributed by atoms with van der Waals surface area (Å²) in [5, 5.41) is 16.3. The van der Waals surface area contributed by atoms with E-state index in [1.54, 1.807) is 16.9 Å². The first kappa shape index (κ1) is 15.3. The molecule has 0 bridgehead atoms. The molecule has 0 aliphatic heterocycles. The molecule has 0 saturated heterocycles. The van der Waals surface area contributed by atoms with Gasteiger partial charge in [0.15, 0.2) is 5.82 Å². The third-order valence-electron chi connectivity index (χ3n) is 3.63. The molecule has 0 spiro atoms. The van der Waals surface area contributed by atoms with Crippen LogP contribution in [0.1, 0.15) is 39.0 Å². The minimum Gasteiger partial charge on any atom is -0.481 e. The van der Waals surface area contributed by atoms with Crippen molar-refractivity contribution in [3.8, 4) is 0 Å². The van der Waals surface area contributed by atoms with Gasteiger partial charge in [-0.3, -0.25) is 4.79 Å². The van der Waals surface area contributed by atoms with Gasteiger partial charge in [-0.15, -0.1) is 0 Å². The Labute approximate surface area is 124 Å².